The number of rotatable bonds is 9. The van der Waals surface area contributed by atoms with Crippen molar-refractivity contribution in [2.75, 3.05) is 24.5 Å². The third kappa shape index (κ3) is 4.98. The fraction of sp³-hybridized carbons (Fsp3) is 0.647. The number of amides is 1. The van der Waals surface area contributed by atoms with Gasteiger partial charge in [0.2, 0.25) is 0 Å². The second-order valence-corrected chi connectivity index (χ2v) is 5.74. The zero-order chi connectivity index (χ0) is 16.6. The zero-order valence-electron chi connectivity index (χ0n) is 14.4. The summed E-state index contributed by atoms with van der Waals surface area (Å²) >= 11 is 0. The summed E-state index contributed by atoms with van der Waals surface area (Å²) in [5.74, 6) is 0.797. The highest BCUT2D eigenvalue weighted by atomic mass is 16.1. The maximum atomic E-state index is 12.2. The molecule has 0 fully saturated rings. The quantitative estimate of drug-likeness (QED) is 0.735. The highest BCUT2D eigenvalue weighted by Gasteiger charge is 2.21. The van der Waals surface area contributed by atoms with Crippen molar-refractivity contribution in [3.63, 3.8) is 0 Å². The normalized spacial score (nSPS) is 11.3. The summed E-state index contributed by atoms with van der Waals surface area (Å²) in [6, 6.07) is 3.73. The molecule has 0 aliphatic heterocycles. The Kier molecular flexibility index (Phi) is 7.32. The highest BCUT2D eigenvalue weighted by Crippen LogP contribution is 2.13. The van der Waals surface area contributed by atoms with Crippen LogP contribution in [-0.2, 0) is 0 Å². The van der Waals surface area contributed by atoms with Crippen molar-refractivity contribution >= 4 is 11.7 Å². The standard InChI is InChI=1S/C17H30N4O/c1-5-11-21(8-4)15-10-9-14(12-19-15)16(22)20-13-17(18,6-2)7-3/h9-10,12H,5-8,11,13,18H2,1-4H3,(H,20,22). The maximum absolute atomic E-state index is 12.2. The molecule has 0 unspecified atom stereocenters. The van der Waals surface area contributed by atoms with Crippen molar-refractivity contribution < 1.29 is 4.79 Å². The number of anilines is 1. The predicted molar refractivity (Wildman–Crippen MR) is 92.2 cm³/mol. The second kappa shape index (κ2) is 8.73. The van der Waals surface area contributed by atoms with Gasteiger partial charge in [0.1, 0.15) is 5.82 Å². The van der Waals surface area contributed by atoms with Gasteiger partial charge in [-0.1, -0.05) is 20.8 Å². The number of pyridine rings is 1. The Balaban J connectivity index is 2.68. The van der Waals surface area contributed by atoms with Crippen LogP contribution >= 0.6 is 0 Å². The first kappa shape index (κ1) is 18.4. The van der Waals surface area contributed by atoms with Crippen LogP contribution in [0.5, 0.6) is 0 Å². The Morgan fingerprint density at radius 2 is 1.95 bits per heavy atom. The number of carbonyl (C=O) groups excluding carboxylic acids is 1. The van der Waals surface area contributed by atoms with Crippen LogP contribution in [0.3, 0.4) is 0 Å². The van der Waals surface area contributed by atoms with E-state index in [0.29, 0.717) is 12.1 Å². The summed E-state index contributed by atoms with van der Waals surface area (Å²) in [4.78, 5) is 18.8. The van der Waals surface area contributed by atoms with Crippen molar-refractivity contribution in [3.8, 4) is 0 Å². The van der Waals surface area contributed by atoms with Gasteiger partial charge in [0.25, 0.3) is 5.91 Å². The zero-order valence-corrected chi connectivity index (χ0v) is 14.4. The Bertz CT molecular complexity index is 454. The lowest BCUT2D eigenvalue weighted by Gasteiger charge is -2.26. The SMILES string of the molecule is CCCN(CC)c1ccc(C(=O)NCC(N)(CC)CC)cn1. The summed E-state index contributed by atoms with van der Waals surface area (Å²) in [6.07, 6.45) is 4.39. The molecular formula is C17H30N4O. The molecule has 0 aliphatic rings. The molecule has 0 bridgehead atoms. The van der Waals surface area contributed by atoms with Gasteiger partial charge in [-0.15, -0.1) is 0 Å². The molecule has 5 nitrogen and oxygen atoms in total. The van der Waals surface area contributed by atoms with E-state index >= 15 is 0 Å². The van der Waals surface area contributed by atoms with E-state index < -0.39 is 0 Å². The Hall–Kier alpha value is -1.62. The van der Waals surface area contributed by atoms with E-state index in [9.17, 15) is 4.79 Å². The van der Waals surface area contributed by atoms with Gasteiger partial charge in [0.05, 0.1) is 5.56 Å². The summed E-state index contributed by atoms with van der Waals surface area (Å²) in [6.45, 7) is 10.7. The lowest BCUT2D eigenvalue weighted by molar-refractivity contribution is 0.0942. The van der Waals surface area contributed by atoms with Gasteiger partial charge in [-0.25, -0.2) is 4.98 Å². The third-order valence-electron chi connectivity index (χ3n) is 4.22. The number of aromatic nitrogens is 1. The Labute approximate surface area is 134 Å². The number of hydrogen-bond donors (Lipinski definition) is 2. The fourth-order valence-corrected chi connectivity index (χ4v) is 2.27. The lowest BCUT2D eigenvalue weighted by atomic mass is 9.94. The van der Waals surface area contributed by atoms with Gasteiger partial charge in [0.15, 0.2) is 0 Å². The van der Waals surface area contributed by atoms with E-state index in [1.807, 2.05) is 26.0 Å². The van der Waals surface area contributed by atoms with Crippen LogP contribution < -0.4 is 16.0 Å². The monoisotopic (exact) mass is 306 g/mol. The fourth-order valence-electron chi connectivity index (χ4n) is 2.27. The van der Waals surface area contributed by atoms with Crippen molar-refractivity contribution in [2.24, 2.45) is 5.73 Å². The van der Waals surface area contributed by atoms with Crippen LogP contribution in [0.2, 0.25) is 0 Å². The number of carbonyl (C=O) groups is 1. The molecule has 1 aromatic rings. The number of nitrogens with zero attached hydrogens (tertiary/aromatic N) is 2. The molecule has 1 amide bonds. The second-order valence-electron chi connectivity index (χ2n) is 5.74. The number of nitrogens with two attached hydrogens (primary N) is 1. The van der Waals surface area contributed by atoms with Crippen LogP contribution in [-0.4, -0.2) is 36.1 Å². The molecule has 1 heterocycles. The molecule has 0 saturated carbocycles. The van der Waals surface area contributed by atoms with Gasteiger partial charge < -0.3 is 16.0 Å². The summed E-state index contributed by atoms with van der Waals surface area (Å²) in [5, 5.41) is 2.91. The van der Waals surface area contributed by atoms with Crippen LogP contribution in [0.4, 0.5) is 5.82 Å². The van der Waals surface area contributed by atoms with E-state index in [-0.39, 0.29) is 11.4 Å². The molecule has 0 aliphatic carbocycles. The average molecular weight is 306 g/mol. The molecule has 3 N–H and O–H groups in total. The van der Waals surface area contributed by atoms with Crippen molar-refractivity contribution in [2.45, 2.75) is 52.5 Å². The van der Waals surface area contributed by atoms with Crippen LogP contribution in [0.1, 0.15) is 57.3 Å². The van der Waals surface area contributed by atoms with Gasteiger partial charge in [0, 0.05) is 31.4 Å². The molecule has 0 atom stereocenters. The van der Waals surface area contributed by atoms with Crippen molar-refractivity contribution in [1.82, 2.24) is 10.3 Å². The topological polar surface area (TPSA) is 71.2 Å². The first-order chi connectivity index (χ1) is 10.5. The molecule has 0 radical (unpaired) electrons. The maximum Gasteiger partial charge on any atom is 0.252 e. The molecule has 0 aromatic carbocycles. The first-order valence-electron chi connectivity index (χ1n) is 8.27. The molecule has 1 rings (SSSR count). The summed E-state index contributed by atoms with van der Waals surface area (Å²) in [5.41, 5.74) is 6.45. The molecule has 0 saturated heterocycles. The van der Waals surface area contributed by atoms with Gasteiger partial charge in [-0.3, -0.25) is 4.79 Å². The molecule has 124 valence electrons. The molecule has 5 heteroatoms. The van der Waals surface area contributed by atoms with Crippen LogP contribution in [0.15, 0.2) is 18.3 Å². The first-order valence-corrected chi connectivity index (χ1v) is 8.27. The van der Waals surface area contributed by atoms with E-state index in [1.54, 1.807) is 6.20 Å². The van der Waals surface area contributed by atoms with Gasteiger partial charge in [-0.05, 0) is 38.3 Å². The minimum absolute atomic E-state index is 0.116. The lowest BCUT2D eigenvalue weighted by Crippen LogP contribution is -2.49. The Morgan fingerprint density at radius 1 is 1.27 bits per heavy atom. The summed E-state index contributed by atoms with van der Waals surface area (Å²) < 4.78 is 0. The average Bonchev–Trinajstić information content (AvgIpc) is 2.57. The predicted octanol–water partition coefficient (Wildman–Crippen LogP) is 2.57. The smallest absolute Gasteiger partial charge is 0.252 e. The third-order valence-corrected chi connectivity index (χ3v) is 4.22. The van der Waals surface area contributed by atoms with E-state index in [0.717, 1.165) is 38.2 Å². The summed E-state index contributed by atoms with van der Waals surface area (Å²) in [7, 11) is 0. The highest BCUT2D eigenvalue weighted by molar-refractivity contribution is 5.94. The number of nitrogens with one attached hydrogen (secondary N) is 1. The van der Waals surface area contributed by atoms with Crippen molar-refractivity contribution in [3.05, 3.63) is 23.9 Å². The minimum atomic E-state index is -0.330. The Morgan fingerprint density at radius 3 is 2.41 bits per heavy atom. The molecular weight excluding hydrogens is 276 g/mol. The van der Waals surface area contributed by atoms with Crippen molar-refractivity contribution in [1.29, 1.82) is 0 Å². The number of hydrogen-bond acceptors (Lipinski definition) is 4. The van der Waals surface area contributed by atoms with Crippen LogP contribution in [0.25, 0.3) is 0 Å². The van der Waals surface area contributed by atoms with Gasteiger partial charge in [-0.2, -0.15) is 0 Å². The molecule has 1 aromatic heterocycles. The van der Waals surface area contributed by atoms with Crippen LogP contribution in [0, 0.1) is 0 Å². The molecule has 22 heavy (non-hydrogen) atoms. The largest absolute Gasteiger partial charge is 0.357 e. The van der Waals surface area contributed by atoms with E-state index in [1.165, 1.54) is 0 Å². The minimum Gasteiger partial charge on any atom is -0.357 e. The van der Waals surface area contributed by atoms with E-state index in [4.69, 9.17) is 5.73 Å². The van der Waals surface area contributed by atoms with Gasteiger partial charge >= 0.3 is 0 Å². The van der Waals surface area contributed by atoms with E-state index in [2.05, 4.69) is 29.0 Å². The molecule has 0 spiro atoms.